The molecule has 1 saturated heterocycles. The van der Waals surface area contributed by atoms with Gasteiger partial charge in [0.05, 0.1) is 18.6 Å². The second-order valence-corrected chi connectivity index (χ2v) is 3.50. The Labute approximate surface area is 71.0 Å². The Balaban J connectivity index is 2.26. The van der Waals surface area contributed by atoms with Crippen LogP contribution in [0.4, 0.5) is 0 Å². The lowest BCUT2D eigenvalue weighted by atomic mass is 9.86. The van der Waals surface area contributed by atoms with Crippen LogP contribution in [0.5, 0.6) is 0 Å². The molecule has 1 aliphatic carbocycles. The highest BCUT2D eigenvalue weighted by atomic mass is 16.5. The highest BCUT2D eigenvalue weighted by Gasteiger charge is 2.42. The predicted molar refractivity (Wildman–Crippen MR) is 42.3 cm³/mol. The van der Waals surface area contributed by atoms with Gasteiger partial charge in [-0.15, -0.1) is 0 Å². The Kier molecular flexibility index (Phi) is 1.68. The van der Waals surface area contributed by atoms with Crippen LogP contribution in [-0.4, -0.2) is 23.8 Å². The summed E-state index contributed by atoms with van der Waals surface area (Å²) in [6, 6.07) is 0. The van der Waals surface area contributed by atoms with Gasteiger partial charge in [0, 0.05) is 5.92 Å². The molecule has 2 rings (SSSR count). The van der Waals surface area contributed by atoms with Crippen LogP contribution in [0, 0.1) is 11.8 Å². The largest absolute Gasteiger partial charge is 0.465 e. The van der Waals surface area contributed by atoms with Crippen molar-refractivity contribution in [2.24, 2.45) is 11.8 Å². The summed E-state index contributed by atoms with van der Waals surface area (Å²) in [5, 5.41) is 9.53. The van der Waals surface area contributed by atoms with Gasteiger partial charge in [-0.05, 0) is 13.3 Å². The summed E-state index contributed by atoms with van der Waals surface area (Å²) >= 11 is 0. The summed E-state index contributed by atoms with van der Waals surface area (Å²) in [5.74, 6) is -0.267. The van der Waals surface area contributed by atoms with Crippen LogP contribution in [0.15, 0.2) is 11.6 Å². The molecule has 1 heterocycles. The van der Waals surface area contributed by atoms with Crippen molar-refractivity contribution in [3.8, 4) is 0 Å². The number of cyclic esters (lactones) is 1. The molecule has 0 radical (unpaired) electrons. The lowest BCUT2D eigenvalue weighted by Crippen LogP contribution is -2.34. The second-order valence-electron chi connectivity index (χ2n) is 3.50. The third-order valence-corrected chi connectivity index (χ3v) is 2.74. The van der Waals surface area contributed by atoms with Crippen LogP contribution in [0.2, 0.25) is 0 Å². The molecule has 0 bridgehead atoms. The van der Waals surface area contributed by atoms with E-state index in [1.165, 1.54) is 0 Å². The van der Waals surface area contributed by atoms with Gasteiger partial charge in [-0.3, -0.25) is 4.79 Å². The fourth-order valence-corrected chi connectivity index (χ4v) is 2.11. The quantitative estimate of drug-likeness (QED) is 0.423. The molecule has 0 amide bonds. The Bertz CT molecular complexity index is 244. The highest BCUT2D eigenvalue weighted by Crippen LogP contribution is 2.37. The Morgan fingerprint density at radius 2 is 2.42 bits per heavy atom. The maximum atomic E-state index is 11.3. The van der Waals surface area contributed by atoms with Gasteiger partial charge in [0.1, 0.15) is 0 Å². The lowest BCUT2D eigenvalue weighted by Gasteiger charge is -2.27. The van der Waals surface area contributed by atoms with Crippen LogP contribution in [0.1, 0.15) is 13.3 Å². The second kappa shape index (κ2) is 2.59. The highest BCUT2D eigenvalue weighted by molar-refractivity contribution is 5.77. The van der Waals surface area contributed by atoms with Gasteiger partial charge in [0.25, 0.3) is 0 Å². The average molecular weight is 168 g/mol. The molecule has 0 spiro atoms. The molecule has 3 nitrogen and oxygen atoms in total. The third-order valence-electron chi connectivity index (χ3n) is 2.74. The molecule has 2 aliphatic rings. The number of carbonyl (C=O) groups excluding carboxylic acids is 1. The van der Waals surface area contributed by atoms with E-state index in [2.05, 4.69) is 0 Å². The van der Waals surface area contributed by atoms with E-state index in [4.69, 9.17) is 4.74 Å². The number of aliphatic hydroxyl groups is 1. The zero-order chi connectivity index (χ0) is 8.72. The number of esters is 1. The third kappa shape index (κ3) is 0.966. The van der Waals surface area contributed by atoms with Crippen molar-refractivity contribution < 1.29 is 14.6 Å². The van der Waals surface area contributed by atoms with Gasteiger partial charge in [-0.1, -0.05) is 11.6 Å². The summed E-state index contributed by atoms with van der Waals surface area (Å²) in [6.07, 6.45) is 2.11. The predicted octanol–water partition coefficient (Wildman–Crippen LogP) is 0.486. The van der Waals surface area contributed by atoms with Crippen LogP contribution >= 0.6 is 0 Å². The zero-order valence-corrected chi connectivity index (χ0v) is 6.99. The van der Waals surface area contributed by atoms with E-state index < -0.39 is 6.10 Å². The van der Waals surface area contributed by atoms with Crippen LogP contribution in [0.3, 0.4) is 0 Å². The van der Waals surface area contributed by atoms with Crippen molar-refractivity contribution in [3.05, 3.63) is 11.6 Å². The van der Waals surface area contributed by atoms with Gasteiger partial charge in [0.15, 0.2) is 0 Å². The number of hydrogen-bond acceptors (Lipinski definition) is 3. The van der Waals surface area contributed by atoms with Crippen molar-refractivity contribution in [3.63, 3.8) is 0 Å². The Hall–Kier alpha value is -0.830. The topological polar surface area (TPSA) is 46.5 Å². The fraction of sp³-hybridized carbons (Fsp3) is 0.667. The number of ether oxygens (including phenoxy) is 1. The maximum Gasteiger partial charge on any atom is 0.313 e. The SMILES string of the molecule is CC1=C[C@H](O)[C@@H]2CCOC(=O)[C@H]12. The smallest absolute Gasteiger partial charge is 0.313 e. The van der Waals surface area contributed by atoms with E-state index in [-0.39, 0.29) is 17.8 Å². The summed E-state index contributed by atoms with van der Waals surface area (Å²) in [4.78, 5) is 11.3. The summed E-state index contributed by atoms with van der Waals surface area (Å²) < 4.78 is 4.92. The molecule has 0 unspecified atom stereocenters. The van der Waals surface area contributed by atoms with Gasteiger partial charge < -0.3 is 9.84 Å². The molecule has 12 heavy (non-hydrogen) atoms. The van der Waals surface area contributed by atoms with E-state index in [0.717, 1.165) is 12.0 Å². The number of rotatable bonds is 0. The van der Waals surface area contributed by atoms with Crippen molar-refractivity contribution in [2.75, 3.05) is 6.61 Å². The first-order valence-electron chi connectivity index (χ1n) is 4.23. The first-order valence-corrected chi connectivity index (χ1v) is 4.23. The lowest BCUT2D eigenvalue weighted by molar-refractivity contribution is -0.155. The zero-order valence-electron chi connectivity index (χ0n) is 6.99. The maximum absolute atomic E-state index is 11.3. The molecule has 1 aliphatic heterocycles. The molecule has 3 atom stereocenters. The molecule has 0 aromatic heterocycles. The first kappa shape index (κ1) is 7.80. The molecule has 3 heteroatoms. The van der Waals surface area contributed by atoms with Gasteiger partial charge >= 0.3 is 5.97 Å². The number of aliphatic hydroxyl groups excluding tert-OH is 1. The van der Waals surface area contributed by atoms with E-state index in [0.29, 0.717) is 6.61 Å². The van der Waals surface area contributed by atoms with Crippen molar-refractivity contribution >= 4 is 5.97 Å². The van der Waals surface area contributed by atoms with Gasteiger partial charge in [-0.25, -0.2) is 0 Å². The summed E-state index contributed by atoms with van der Waals surface area (Å²) in [6.45, 7) is 2.33. The van der Waals surface area contributed by atoms with Crippen molar-refractivity contribution in [1.29, 1.82) is 0 Å². The Morgan fingerprint density at radius 3 is 3.08 bits per heavy atom. The number of fused-ring (bicyclic) bond motifs is 1. The molecule has 0 saturated carbocycles. The average Bonchev–Trinajstić information content (AvgIpc) is 2.29. The van der Waals surface area contributed by atoms with Gasteiger partial charge in [-0.2, -0.15) is 0 Å². The van der Waals surface area contributed by atoms with Crippen molar-refractivity contribution in [1.82, 2.24) is 0 Å². The minimum atomic E-state index is -0.442. The van der Waals surface area contributed by atoms with E-state index in [9.17, 15) is 9.90 Å². The molecule has 1 N–H and O–H groups in total. The van der Waals surface area contributed by atoms with Crippen LogP contribution < -0.4 is 0 Å². The van der Waals surface area contributed by atoms with E-state index >= 15 is 0 Å². The summed E-state index contributed by atoms with van der Waals surface area (Å²) in [7, 11) is 0. The van der Waals surface area contributed by atoms with E-state index in [1.807, 2.05) is 6.92 Å². The molecule has 66 valence electrons. The van der Waals surface area contributed by atoms with Gasteiger partial charge in [0.2, 0.25) is 0 Å². The molecule has 1 fully saturated rings. The molecular formula is C9H12O3. The monoisotopic (exact) mass is 168 g/mol. The van der Waals surface area contributed by atoms with Crippen LogP contribution in [-0.2, 0) is 9.53 Å². The first-order chi connectivity index (χ1) is 5.70. The number of hydrogen-bond donors (Lipinski definition) is 1. The summed E-state index contributed by atoms with van der Waals surface area (Å²) in [5.41, 5.74) is 0.956. The molecule has 0 aromatic rings. The molecular weight excluding hydrogens is 156 g/mol. The number of carbonyl (C=O) groups is 1. The van der Waals surface area contributed by atoms with Crippen molar-refractivity contribution in [2.45, 2.75) is 19.4 Å². The fourth-order valence-electron chi connectivity index (χ4n) is 2.11. The molecule has 0 aromatic carbocycles. The van der Waals surface area contributed by atoms with Crippen LogP contribution in [0.25, 0.3) is 0 Å². The standard InChI is InChI=1S/C9H12O3/c1-5-4-7(10)6-2-3-12-9(11)8(5)6/h4,6-8,10H,2-3H2,1H3/t6-,7-,8+/m0/s1. The minimum Gasteiger partial charge on any atom is -0.465 e. The minimum absolute atomic E-state index is 0.0752. The Morgan fingerprint density at radius 1 is 1.67 bits per heavy atom. The van der Waals surface area contributed by atoms with E-state index in [1.54, 1.807) is 6.08 Å². The normalized spacial score (nSPS) is 40.3.